The summed E-state index contributed by atoms with van der Waals surface area (Å²) < 4.78 is 12.6. The lowest BCUT2D eigenvalue weighted by molar-refractivity contribution is -0.123. The summed E-state index contributed by atoms with van der Waals surface area (Å²) in [5.41, 5.74) is 1.23. The molecular formula is C17H18FN3O. The van der Waals surface area contributed by atoms with Crippen molar-refractivity contribution < 1.29 is 9.18 Å². The van der Waals surface area contributed by atoms with Gasteiger partial charge in [-0.1, -0.05) is 30.3 Å². The molecule has 1 saturated carbocycles. The number of halogens is 1. The van der Waals surface area contributed by atoms with Crippen LogP contribution in [0.5, 0.6) is 0 Å². The lowest BCUT2D eigenvalue weighted by Gasteiger charge is -2.21. The minimum atomic E-state index is -0.511. The smallest absolute Gasteiger partial charge is 0.234 e. The van der Waals surface area contributed by atoms with Gasteiger partial charge in [0, 0.05) is 12.6 Å². The van der Waals surface area contributed by atoms with Crippen LogP contribution in [0, 0.1) is 5.41 Å². The molecule has 0 atom stereocenters. The Balaban J connectivity index is 1.77. The molecule has 0 radical (unpaired) electrons. The summed E-state index contributed by atoms with van der Waals surface area (Å²) >= 11 is 0. The third kappa shape index (κ3) is 2.71. The van der Waals surface area contributed by atoms with E-state index in [2.05, 4.69) is 10.2 Å². The van der Waals surface area contributed by atoms with Crippen LogP contribution in [0.3, 0.4) is 0 Å². The molecule has 1 amide bonds. The molecule has 0 unspecified atom stereocenters. The topological polar surface area (TPSA) is 46.1 Å². The molecule has 1 heterocycles. The van der Waals surface area contributed by atoms with E-state index in [0.29, 0.717) is 12.2 Å². The van der Waals surface area contributed by atoms with E-state index in [1.54, 1.807) is 13.1 Å². The predicted octanol–water partition coefficient (Wildman–Crippen LogP) is 3.25. The number of hydrogen-bond donors (Lipinski definition) is 0. The predicted molar refractivity (Wildman–Crippen MR) is 83.1 cm³/mol. The van der Waals surface area contributed by atoms with Crippen molar-refractivity contribution in [3.05, 3.63) is 42.5 Å². The third-order valence-electron chi connectivity index (χ3n) is 4.25. The lowest BCUT2D eigenvalue weighted by atomic mass is 10.0. The summed E-state index contributed by atoms with van der Waals surface area (Å²) in [6.07, 6.45) is 1.82. The summed E-state index contributed by atoms with van der Waals surface area (Å²) in [6.45, 7) is -0.460. The van der Waals surface area contributed by atoms with Crippen LogP contribution in [0.2, 0.25) is 0 Å². The van der Waals surface area contributed by atoms with E-state index in [4.69, 9.17) is 0 Å². The molecule has 5 heteroatoms. The normalized spacial score (nSPS) is 15.4. The van der Waals surface area contributed by atoms with Gasteiger partial charge < -0.3 is 0 Å². The Kier molecular flexibility index (Phi) is 3.88. The number of benzene rings is 1. The van der Waals surface area contributed by atoms with Gasteiger partial charge in [-0.25, -0.2) is 0 Å². The Bertz CT molecular complexity index is 653. The first-order valence-corrected chi connectivity index (χ1v) is 7.40. The van der Waals surface area contributed by atoms with E-state index in [9.17, 15) is 9.18 Å². The maximum Gasteiger partial charge on any atom is 0.234 e. The van der Waals surface area contributed by atoms with Gasteiger partial charge in [0.05, 0.1) is 17.8 Å². The van der Waals surface area contributed by atoms with Gasteiger partial charge in [0.2, 0.25) is 5.91 Å². The fourth-order valence-corrected chi connectivity index (χ4v) is 2.63. The molecule has 0 saturated heterocycles. The van der Waals surface area contributed by atoms with E-state index in [1.807, 2.05) is 36.4 Å². The summed E-state index contributed by atoms with van der Waals surface area (Å²) in [5, 5.41) is 8.32. The van der Waals surface area contributed by atoms with Gasteiger partial charge in [0.1, 0.15) is 0 Å². The minimum absolute atomic E-state index is 0.0630. The Hall–Kier alpha value is -2.30. The molecule has 1 aromatic heterocycles. The quantitative estimate of drug-likeness (QED) is 0.851. The van der Waals surface area contributed by atoms with Crippen molar-refractivity contribution in [1.29, 1.82) is 0 Å². The van der Waals surface area contributed by atoms with Crippen LogP contribution in [0.15, 0.2) is 42.5 Å². The highest BCUT2D eigenvalue weighted by Crippen LogP contribution is 2.50. The first-order chi connectivity index (χ1) is 10.7. The highest BCUT2D eigenvalue weighted by atomic mass is 19.1. The van der Waals surface area contributed by atoms with Gasteiger partial charge >= 0.3 is 0 Å². The van der Waals surface area contributed by atoms with Crippen molar-refractivity contribution in [3.63, 3.8) is 0 Å². The van der Waals surface area contributed by atoms with E-state index in [1.165, 1.54) is 4.90 Å². The molecule has 4 nitrogen and oxygen atoms in total. The SMILES string of the molecule is CN(C(=O)C1(CCF)CC1)c1ccc(-c2ccccc2)nn1. The van der Waals surface area contributed by atoms with E-state index >= 15 is 0 Å². The zero-order valence-electron chi connectivity index (χ0n) is 12.5. The number of alkyl halides is 1. The van der Waals surface area contributed by atoms with Gasteiger partial charge in [-0.05, 0) is 31.4 Å². The first kappa shape index (κ1) is 14.6. The van der Waals surface area contributed by atoms with Crippen molar-refractivity contribution in [1.82, 2.24) is 10.2 Å². The molecule has 1 aromatic carbocycles. The van der Waals surface area contributed by atoms with Gasteiger partial charge in [-0.2, -0.15) is 0 Å². The number of aromatic nitrogens is 2. The summed E-state index contributed by atoms with van der Waals surface area (Å²) in [4.78, 5) is 14.0. The Morgan fingerprint density at radius 3 is 2.45 bits per heavy atom. The number of rotatable bonds is 5. The van der Waals surface area contributed by atoms with E-state index in [-0.39, 0.29) is 5.91 Å². The molecule has 1 aliphatic carbocycles. The van der Waals surface area contributed by atoms with Crippen LogP contribution in [0.4, 0.5) is 10.2 Å². The standard InChI is InChI=1S/C17H18FN3O/c1-21(16(22)17(9-10-17)11-12-18)15-8-7-14(19-20-15)13-5-3-2-4-6-13/h2-8H,9-12H2,1H3. The van der Waals surface area contributed by atoms with Crippen LogP contribution in [0.25, 0.3) is 11.3 Å². The van der Waals surface area contributed by atoms with Crippen LogP contribution >= 0.6 is 0 Å². The number of hydrogen-bond acceptors (Lipinski definition) is 3. The third-order valence-corrected chi connectivity index (χ3v) is 4.25. The Labute approximate surface area is 129 Å². The molecule has 3 rings (SSSR count). The Morgan fingerprint density at radius 2 is 1.91 bits per heavy atom. The summed E-state index contributed by atoms with van der Waals surface area (Å²) in [6, 6.07) is 13.4. The molecule has 0 bridgehead atoms. The van der Waals surface area contributed by atoms with Gasteiger partial charge in [0.25, 0.3) is 0 Å². The highest BCUT2D eigenvalue weighted by molar-refractivity contribution is 5.98. The minimum Gasteiger partial charge on any atom is -0.298 e. The average Bonchev–Trinajstić information content (AvgIpc) is 3.36. The first-order valence-electron chi connectivity index (χ1n) is 7.40. The fourth-order valence-electron chi connectivity index (χ4n) is 2.63. The zero-order chi connectivity index (χ0) is 15.6. The van der Waals surface area contributed by atoms with Gasteiger partial charge in [-0.15, -0.1) is 10.2 Å². The molecule has 1 fully saturated rings. The number of nitrogens with zero attached hydrogens (tertiary/aromatic N) is 3. The molecule has 0 spiro atoms. The molecular weight excluding hydrogens is 281 g/mol. The second kappa shape index (κ2) is 5.83. The van der Waals surface area contributed by atoms with Crippen LogP contribution < -0.4 is 4.90 Å². The molecule has 0 aliphatic heterocycles. The zero-order valence-corrected chi connectivity index (χ0v) is 12.5. The van der Waals surface area contributed by atoms with Crippen molar-refractivity contribution in [2.24, 2.45) is 5.41 Å². The number of anilines is 1. The lowest BCUT2D eigenvalue weighted by Crippen LogP contribution is -2.35. The fraction of sp³-hybridized carbons (Fsp3) is 0.353. The molecule has 114 valence electrons. The monoisotopic (exact) mass is 299 g/mol. The molecule has 2 aromatic rings. The maximum absolute atomic E-state index is 12.6. The average molecular weight is 299 g/mol. The summed E-state index contributed by atoms with van der Waals surface area (Å²) in [5.74, 6) is 0.432. The van der Waals surface area contributed by atoms with Crippen molar-refractivity contribution in [2.75, 3.05) is 18.6 Å². The van der Waals surface area contributed by atoms with Crippen molar-refractivity contribution in [2.45, 2.75) is 19.3 Å². The largest absolute Gasteiger partial charge is 0.298 e. The van der Waals surface area contributed by atoms with E-state index in [0.717, 1.165) is 24.1 Å². The van der Waals surface area contributed by atoms with Crippen LogP contribution in [-0.2, 0) is 4.79 Å². The van der Waals surface area contributed by atoms with Crippen LogP contribution in [0.1, 0.15) is 19.3 Å². The van der Waals surface area contributed by atoms with Crippen LogP contribution in [-0.4, -0.2) is 29.8 Å². The Morgan fingerprint density at radius 1 is 1.18 bits per heavy atom. The van der Waals surface area contributed by atoms with Gasteiger partial charge in [0.15, 0.2) is 5.82 Å². The molecule has 1 aliphatic rings. The number of amides is 1. The molecule has 0 N–H and O–H groups in total. The van der Waals surface area contributed by atoms with Crippen molar-refractivity contribution in [3.8, 4) is 11.3 Å². The maximum atomic E-state index is 12.6. The molecule has 22 heavy (non-hydrogen) atoms. The second-order valence-corrected chi connectivity index (χ2v) is 5.73. The van der Waals surface area contributed by atoms with Crippen molar-refractivity contribution >= 4 is 11.7 Å². The summed E-state index contributed by atoms with van der Waals surface area (Å²) in [7, 11) is 1.67. The highest BCUT2D eigenvalue weighted by Gasteiger charge is 2.50. The van der Waals surface area contributed by atoms with Gasteiger partial charge in [-0.3, -0.25) is 14.1 Å². The van der Waals surface area contributed by atoms with E-state index < -0.39 is 12.1 Å². The number of carbonyl (C=O) groups excluding carboxylic acids is 1. The number of carbonyl (C=O) groups is 1. The second-order valence-electron chi connectivity index (χ2n) is 5.73.